The third-order valence-electron chi connectivity index (χ3n) is 2.79. The van der Waals surface area contributed by atoms with Gasteiger partial charge in [0, 0.05) is 11.3 Å². The first-order valence-corrected chi connectivity index (χ1v) is 5.50. The Morgan fingerprint density at radius 1 is 1.47 bits per heavy atom. The first-order chi connectivity index (χ1) is 8.11. The van der Waals surface area contributed by atoms with Crippen LogP contribution in [0.1, 0.15) is 23.7 Å². The Morgan fingerprint density at radius 3 is 2.59 bits per heavy atom. The molecule has 2 N–H and O–H groups in total. The molecule has 5 heteroatoms. The maximum atomic E-state index is 11.6. The number of nitrogens with two attached hydrogens (primary N) is 1. The van der Waals surface area contributed by atoms with Crippen molar-refractivity contribution >= 4 is 17.7 Å². The summed E-state index contributed by atoms with van der Waals surface area (Å²) in [4.78, 5) is 24.0. The van der Waals surface area contributed by atoms with E-state index in [9.17, 15) is 9.59 Å². The van der Waals surface area contributed by atoms with Crippen LogP contribution in [0, 0.1) is 0 Å². The molecule has 1 aromatic rings. The zero-order valence-corrected chi connectivity index (χ0v) is 9.55. The lowest BCUT2D eigenvalue weighted by Crippen LogP contribution is -2.24. The number of carbonyl (C=O) groups excluding carboxylic acids is 2. The molecule has 0 aliphatic carbocycles. The number of primary amides is 1. The van der Waals surface area contributed by atoms with Crippen molar-refractivity contribution in [2.45, 2.75) is 19.4 Å². The van der Waals surface area contributed by atoms with E-state index < -0.39 is 5.91 Å². The first kappa shape index (κ1) is 11.4. The Balaban J connectivity index is 2.18. The van der Waals surface area contributed by atoms with Crippen LogP contribution in [0.4, 0.5) is 10.5 Å². The van der Waals surface area contributed by atoms with Crippen molar-refractivity contribution < 1.29 is 14.3 Å². The Bertz CT molecular complexity index is 442. The predicted molar refractivity (Wildman–Crippen MR) is 62.9 cm³/mol. The molecular formula is C12H14N2O3. The summed E-state index contributed by atoms with van der Waals surface area (Å²) in [6.45, 7) is 2.52. The summed E-state index contributed by atoms with van der Waals surface area (Å²) in [5.41, 5.74) is 6.29. The average Bonchev–Trinajstić information content (AvgIpc) is 2.71. The number of cyclic esters (lactones) is 1. The van der Waals surface area contributed by atoms with Crippen LogP contribution in [0.25, 0.3) is 0 Å². The molecule has 1 atom stereocenters. The number of carbonyl (C=O) groups is 2. The van der Waals surface area contributed by atoms with Crippen LogP contribution in [-0.4, -0.2) is 24.6 Å². The SMILES string of the molecule is CCC1CN(c2ccc(C(N)=O)cc2)C(=O)O1. The number of nitrogens with zero attached hydrogens (tertiary/aromatic N) is 1. The van der Waals surface area contributed by atoms with E-state index in [1.807, 2.05) is 6.92 Å². The zero-order valence-electron chi connectivity index (χ0n) is 9.55. The molecule has 0 bridgehead atoms. The van der Waals surface area contributed by atoms with Gasteiger partial charge in [-0.3, -0.25) is 9.69 Å². The van der Waals surface area contributed by atoms with Gasteiger partial charge >= 0.3 is 6.09 Å². The first-order valence-electron chi connectivity index (χ1n) is 5.50. The molecule has 1 saturated heterocycles. The van der Waals surface area contributed by atoms with Crippen LogP contribution in [0.15, 0.2) is 24.3 Å². The van der Waals surface area contributed by atoms with Gasteiger partial charge in [0.1, 0.15) is 6.10 Å². The summed E-state index contributed by atoms with van der Waals surface area (Å²) in [6, 6.07) is 6.59. The highest BCUT2D eigenvalue weighted by Crippen LogP contribution is 2.22. The molecule has 1 aliphatic rings. The van der Waals surface area contributed by atoms with Gasteiger partial charge in [-0.15, -0.1) is 0 Å². The highest BCUT2D eigenvalue weighted by atomic mass is 16.6. The highest BCUT2D eigenvalue weighted by Gasteiger charge is 2.30. The van der Waals surface area contributed by atoms with Crippen molar-refractivity contribution in [1.82, 2.24) is 0 Å². The number of rotatable bonds is 3. The largest absolute Gasteiger partial charge is 0.444 e. The Hall–Kier alpha value is -2.04. The van der Waals surface area contributed by atoms with Crippen molar-refractivity contribution in [3.8, 4) is 0 Å². The number of hydrogen-bond donors (Lipinski definition) is 1. The average molecular weight is 234 g/mol. The minimum Gasteiger partial charge on any atom is -0.444 e. The van der Waals surface area contributed by atoms with Crippen molar-refractivity contribution in [2.24, 2.45) is 5.73 Å². The zero-order chi connectivity index (χ0) is 12.4. The van der Waals surface area contributed by atoms with Crippen LogP contribution in [-0.2, 0) is 4.74 Å². The fourth-order valence-electron chi connectivity index (χ4n) is 1.75. The number of ether oxygens (including phenoxy) is 1. The molecule has 0 radical (unpaired) electrons. The van der Waals surface area contributed by atoms with E-state index in [1.54, 1.807) is 29.2 Å². The van der Waals surface area contributed by atoms with Gasteiger partial charge in [-0.1, -0.05) is 6.92 Å². The summed E-state index contributed by atoms with van der Waals surface area (Å²) in [5.74, 6) is -0.480. The van der Waals surface area contributed by atoms with Gasteiger partial charge in [0.2, 0.25) is 5.91 Å². The molecule has 17 heavy (non-hydrogen) atoms. The molecule has 2 amide bonds. The summed E-state index contributed by atoms with van der Waals surface area (Å²) in [6.07, 6.45) is 0.392. The summed E-state index contributed by atoms with van der Waals surface area (Å²) < 4.78 is 5.15. The van der Waals surface area contributed by atoms with Crippen molar-refractivity contribution in [2.75, 3.05) is 11.4 Å². The smallest absolute Gasteiger partial charge is 0.414 e. The van der Waals surface area contributed by atoms with Crippen LogP contribution < -0.4 is 10.6 Å². The van der Waals surface area contributed by atoms with E-state index >= 15 is 0 Å². The summed E-state index contributed by atoms with van der Waals surface area (Å²) >= 11 is 0. The minimum absolute atomic E-state index is 0.0571. The Morgan fingerprint density at radius 2 is 2.12 bits per heavy atom. The minimum atomic E-state index is -0.480. The van der Waals surface area contributed by atoms with Gasteiger partial charge in [0.25, 0.3) is 0 Å². The summed E-state index contributed by atoms with van der Waals surface area (Å²) in [5, 5.41) is 0. The van der Waals surface area contributed by atoms with E-state index in [2.05, 4.69) is 0 Å². The predicted octanol–water partition coefficient (Wildman–Crippen LogP) is 1.52. The molecule has 90 valence electrons. The third kappa shape index (κ3) is 2.22. The van der Waals surface area contributed by atoms with Gasteiger partial charge in [0.15, 0.2) is 0 Å². The second-order valence-corrected chi connectivity index (χ2v) is 3.94. The molecule has 2 rings (SSSR count). The van der Waals surface area contributed by atoms with Crippen LogP contribution in [0.5, 0.6) is 0 Å². The topological polar surface area (TPSA) is 72.6 Å². The molecule has 0 spiro atoms. The lowest BCUT2D eigenvalue weighted by molar-refractivity contribution is 0.1000. The van der Waals surface area contributed by atoms with E-state index in [4.69, 9.17) is 10.5 Å². The maximum absolute atomic E-state index is 11.6. The van der Waals surface area contributed by atoms with Gasteiger partial charge in [0.05, 0.1) is 6.54 Å². The van der Waals surface area contributed by atoms with Gasteiger partial charge in [-0.2, -0.15) is 0 Å². The number of amides is 2. The van der Waals surface area contributed by atoms with E-state index in [0.717, 1.165) is 12.1 Å². The fourth-order valence-corrected chi connectivity index (χ4v) is 1.75. The summed E-state index contributed by atoms with van der Waals surface area (Å²) in [7, 11) is 0. The number of hydrogen-bond acceptors (Lipinski definition) is 3. The number of benzene rings is 1. The number of anilines is 1. The van der Waals surface area contributed by atoms with Gasteiger partial charge in [-0.05, 0) is 30.7 Å². The maximum Gasteiger partial charge on any atom is 0.414 e. The molecule has 1 unspecified atom stereocenters. The highest BCUT2D eigenvalue weighted by molar-refractivity contribution is 5.94. The van der Waals surface area contributed by atoms with Crippen molar-refractivity contribution in [3.05, 3.63) is 29.8 Å². The van der Waals surface area contributed by atoms with Crippen molar-refractivity contribution in [3.63, 3.8) is 0 Å². The van der Waals surface area contributed by atoms with Gasteiger partial charge in [-0.25, -0.2) is 4.79 Å². The van der Waals surface area contributed by atoms with Gasteiger partial charge < -0.3 is 10.5 Å². The molecule has 1 aliphatic heterocycles. The molecule has 0 aromatic heterocycles. The lowest BCUT2D eigenvalue weighted by Gasteiger charge is -2.12. The Labute approximate surface area is 99.2 Å². The van der Waals surface area contributed by atoms with E-state index in [-0.39, 0.29) is 12.2 Å². The van der Waals surface area contributed by atoms with Crippen LogP contribution in [0.3, 0.4) is 0 Å². The lowest BCUT2D eigenvalue weighted by atomic mass is 10.2. The fraction of sp³-hybridized carbons (Fsp3) is 0.333. The monoisotopic (exact) mass is 234 g/mol. The van der Waals surface area contributed by atoms with E-state index in [0.29, 0.717) is 12.1 Å². The molecule has 1 fully saturated rings. The Kier molecular flexibility index (Phi) is 2.99. The van der Waals surface area contributed by atoms with Crippen molar-refractivity contribution in [1.29, 1.82) is 0 Å². The molecule has 5 nitrogen and oxygen atoms in total. The van der Waals surface area contributed by atoms with E-state index in [1.165, 1.54) is 0 Å². The van der Waals surface area contributed by atoms with Crippen LogP contribution in [0.2, 0.25) is 0 Å². The standard InChI is InChI=1S/C12H14N2O3/c1-2-10-7-14(12(16)17-10)9-5-3-8(4-6-9)11(13)15/h3-6,10H,2,7H2,1H3,(H2,13,15). The normalized spacial score (nSPS) is 19.2. The second kappa shape index (κ2) is 4.45. The molecule has 1 aromatic carbocycles. The molecule has 0 saturated carbocycles. The third-order valence-corrected chi connectivity index (χ3v) is 2.79. The van der Waals surface area contributed by atoms with Crippen LogP contribution >= 0.6 is 0 Å². The molecule has 1 heterocycles. The molecular weight excluding hydrogens is 220 g/mol. The second-order valence-electron chi connectivity index (χ2n) is 3.94. The quantitative estimate of drug-likeness (QED) is 0.861.